The van der Waals surface area contributed by atoms with E-state index in [1.54, 1.807) is 19.1 Å². The number of rotatable bonds is 4. The van der Waals surface area contributed by atoms with Crippen LogP contribution in [0.1, 0.15) is 18.9 Å². The van der Waals surface area contributed by atoms with E-state index < -0.39 is 36.0 Å². The van der Waals surface area contributed by atoms with Crippen LogP contribution >= 0.6 is 0 Å². The number of ketones is 1. The summed E-state index contributed by atoms with van der Waals surface area (Å²) in [6.07, 6.45) is 0.512. The predicted octanol–water partition coefficient (Wildman–Crippen LogP) is 1.99. The number of aromatic hydroxyl groups is 1. The van der Waals surface area contributed by atoms with E-state index in [-0.39, 0.29) is 35.5 Å². The van der Waals surface area contributed by atoms with Crippen molar-refractivity contribution in [3.8, 4) is 5.75 Å². The van der Waals surface area contributed by atoms with Crippen LogP contribution in [0.2, 0.25) is 0 Å². The van der Waals surface area contributed by atoms with E-state index in [1.165, 1.54) is 18.2 Å². The molecule has 1 aliphatic heterocycles. The van der Waals surface area contributed by atoms with E-state index >= 15 is 0 Å². The zero-order valence-electron chi connectivity index (χ0n) is 16.3. The molecule has 3 aliphatic rings. The van der Waals surface area contributed by atoms with Crippen molar-refractivity contribution in [2.75, 3.05) is 0 Å². The Bertz CT molecular complexity index is 1030. The van der Waals surface area contributed by atoms with Crippen LogP contribution in [0.4, 0.5) is 0 Å². The van der Waals surface area contributed by atoms with E-state index in [1.807, 2.05) is 0 Å². The van der Waals surface area contributed by atoms with E-state index in [4.69, 9.17) is 9.47 Å². The van der Waals surface area contributed by atoms with Gasteiger partial charge in [0.2, 0.25) is 0 Å². The van der Waals surface area contributed by atoms with Gasteiger partial charge in [0.25, 0.3) is 0 Å². The average Bonchev–Trinajstić information content (AvgIpc) is 3.15. The summed E-state index contributed by atoms with van der Waals surface area (Å²) in [6.45, 7) is 5.57. The molecule has 154 valence electrons. The highest BCUT2D eigenvalue weighted by atomic mass is 16.6. The molecular weight excluding hydrogens is 388 g/mol. The minimum absolute atomic E-state index is 0.0209. The molecule has 1 fully saturated rings. The third-order valence-corrected chi connectivity index (χ3v) is 5.89. The lowest BCUT2D eigenvalue weighted by Gasteiger charge is -2.27. The van der Waals surface area contributed by atoms with Gasteiger partial charge in [-0.3, -0.25) is 14.4 Å². The highest BCUT2D eigenvalue weighted by Gasteiger charge is 2.54. The van der Waals surface area contributed by atoms with Gasteiger partial charge < -0.3 is 14.6 Å². The molecule has 0 amide bonds. The van der Waals surface area contributed by atoms with Gasteiger partial charge in [-0.15, -0.1) is 0 Å². The number of carbonyl (C=O) groups is 4. The van der Waals surface area contributed by atoms with E-state index in [9.17, 15) is 24.3 Å². The van der Waals surface area contributed by atoms with E-state index in [2.05, 4.69) is 6.58 Å². The third kappa shape index (κ3) is 3.26. The normalized spacial score (nSPS) is 27.8. The lowest BCUT2D eigenvalue weighted by Crippen LogP contribution is -2.36. The number of ether oxygens (including phenoxy) is 2. The molecule has 1 saturated heterocycles. The maximum absolute atomic E-state index is 12.6. The standard InChI is InChI=1S/C23H20O7/c1-11-7-17(29-18(27)8-13-3-5-15(25)6-4-13)20-12(2)23(28)30-22(20)21-14(10-24)9-16(26)19(11)21/h3-6,9-10,17,20-22,25H,2,7-8H2,1H3. The summed E-state index contributed by atoms with van der Waals surface area (Å²) in [5, 5.41) is 9.38. The van der Waals surface area contributed by atoms with Gasteiger partial charge in [-0.05, 0) is 30.7 Å². The number of phenolic OH excluding ortho intramolecular Hbond substituents is 1. The Hall–Kier alpha value is -3.48. The van der Waals surface area contributed by atoms with Gasteiger partial charge in [-0.25, -0.2) is 4.79 Å². The number of benzene rings is 1. The van der Waals surface area contributed by atoms with Gasteiger partial charge in [0.05, 0.1) is 18.3 Å². The molecule has 7 heteroatoms. The van der Waals surface area contributed by atoms with Crippen LogP contribution in [0.25, 0.3) is 0 Å². The topological polar surface area (TPSA) is 107 Å². The summed E-state index contributed by atoms with van der Waals surface area (Å²) in [4.78, 5) is 48.9. The Labute approximate surface area is 172 Å². The lowest BCUT2D eigenvalue weighted by molar-refractivity contribution is -0.152. The minimum Gasteiger partial charge on any atom is -0.508 e. The molecule has 0 spiro atoms. The SMILES string of the molecule is C=C1C(=O)OC2C3C(C=O)=CC(=O)C3=C(C)CC(OC(=O)Cc3ccc(O)cc3)C12. The molecule has 7 nitrogen and oxygen atoms in total. The molecular formula is C23H20O7. The molecule has 4 rings (SSSR count). The summed E-state index contributed by atoms with van der Waals surface area (Å²) in [6, 6.07) is 6.19. The Morgan fingerprint density at radius 2 is 2.00 bits per heavy atom. The van der Waals surface area contributed by atoms with Gasteiger partial charge in [-0.1, -0.05) is 24.3 Å². The highest BCUT2D eigenvalue weighted by Crippen LogP contribution is 2.47. The molecule has 4 unspecified atom stereocenters. The maximum atomic E-state index is 12.6. The first-order valence-corrected chi connectivity index (χ1v) is 9.58. The summed E-state index contributed by atoms with van der Waals surface area (Å²) < 4.78 is 11.2. The van der Waals surface area contributed by atoms with Gasteiger partial charge >= 0.3 is 11.9 Å². The second kappa shape index (κ2) is 7.40. The summed E-state index contributed by atoms with van der Waals surface area (Å²) in [5.74, 6) is -2.67. The quantitative estimate of drug-likeness (QED) is 0.461. The number of allylic oxidation sites excluding steroid dienone is 1. The molecule has 0 bridgehead atoms. The number of esters is 2. The number of phenols is 1. The molecule has 1 aromatic rings. The van der Waals surface area contributed by atoms with Crippen molar-refractivity contribution in [3.05, 3.63) is 64.8 Å². The Morgan fingerprint density at radius 3 is 2.67 bits per heavy atom. The van der Waals surface area contributed by atoms with Gasteiger partial charge in [0.1, 0.15) is 24.2 Å². The van der Waals surface area contributed by atoms with Crippen molar-refractivity contribution in [2.45, 2.75) is 32.0 Å². The van der Waals surface area contributed by atoms with Crippen LogP contribution in [-0.4, -0.2) is 41.3 Å². The van der Waals surface area contributed by atoms with Crippen molar-refractivity contribution in [1.82, 2.24) is 0 Å². The van der Waals surface area contributed by atoms with Gasteiger partial charge in [0.15, 0.2) is 5.78 Å². The van der Waals surface area contributed by atoms with Crippen molar-refractivity contribution >= 4 is 24.0 Å². The van der Waals surface area contributed by atoms with E-state index in [0.29, 0.717) is 23.0 Å². The Balaban J connectivity index is 1.64. The summed E-state index contributed by atoms with van der Waals surface area (Å²) in [5.41, 5.74) is 2.20. The molecule has 1 aromatic carbocycles. The van der Waals surface area contributed by atoms with Crippen LogP contribution in [0.3, 0.4) is 0 Å². The van der Waals surface area contributed by atoms with Crippen LogP contribution in [-0.2, 0) is 35.1 Å². The van der Waals surface area contributed by atoms with Crippen molar-refractivity contribution < 1.29 is 33.8 Å². The first kappa shape index (κ1) is 19.8. The Morgan fingerprint density at radius 1 is 1.30 bits per heavy atom. The van der Waals surface area contributed by atoms with Crippen molar-refractivity contribution in [1.29, 1.82) is 0 Å². The fraction of sp³-hybridized carbons (Fsp3) is 0.304. The summed E-state index contributed by atoms with van der Waals surface area (Å²) >= 11 is 0. The molecule has 4 atom stereocenters. The molecule has 1 N–H and O–H groups in total. The fourth-order valence-electron chi connectivity index (χ4n) is 4.54. The zero-order valence-corrected chi connectivity index (χ0v) is 16.3. The first-order valence-electron chi connectivity index (χ1n) is 9.58. The van der Waals surface area contributed by atoms with E-state index in [0.717, 1.165) is 0 Å². The van der Waals surface area contributed by atoms with Crippen LogP contribution in [0.15, 0.2) is 59.2 Å². The minimum atomic E-state index is -0.827. The molecule has 2 aliphatic carbocycles. The fourth-order valence-corrected chi connectivity index (χ4v) is 4.54. The number of aldehydes is 1. The van der Waals surface area contributed by atoms with Crippen molar-refractivity contribution in [2.24, 2.45) is 11.8 Å². The number of hydrogen-bond acceptors (Lipinski definition) is 7. The van der Waals surface area contributed by atoms with Crippen LogP contribution in [0.5, 0.6) is 5.75 Å². The van der Waals surface area contributed by atoms with Crippen LogP contribution in [0, 0.1) is 11.8 Å². The molecule has 0 saturated carbocycles. The monoisotopic (exact) mass is 408 g/mol. The first-order chi connectivity index (χ1) is 14.3. The highest BCUT2D eigenvalue weighted by molar-refractivity contribution is 6.13. The maximum Gasteiger partial charge on any atom is 0.334 e. The molecule has 0 radical (unpaired) electrons. The molecule has 1 heterocycles. The second-order valence-electron chi connectivity index (χ2n) is 7.79. The predicted molar refractivity (Wildman–Crippen MR) is 104 cm³/mol. The third-order valence-electron chi connectivity index (χ3n) is 5.89. The average molecular weight is 408 g/mol. The molecule has 0 aromatic heterocycles. The van der Waals surface area contributed by atoms with Gasteiger partial charge in [0, 0.05) is 23.1 Å². The summed E-state index contributed by atoms with van der Waals surface area (Å²) in [7, 11) is 0. The largest absolute Gasteiger partial charge is 0.508 e. The Kier molecular flexibility index (Phi) is 4.89. The lowest BCUT2D eigenvalue weighted by atomic mass is 9.82. The zero-order chi connectivity index (χ0) is 21.6. The van der Waals surface area contributed by atoms with Gasteiger partial charge in [-0.2, -0.15) is 0 Å². The second-order valence-corrected chi connectivity index (χ2v) is 7.79. The smallest absolute Gasteiger partial charge is 0.334 e. The number of fused-ring (bicyclic) bond motifs is 3. The number of hydrogen-bond donors (Lipinski definition) is 1. The molecule has 30 heavy (non-hydrogen) atoms. The van der Waals surface area contributed by atoms with Crippen molar-refractivity contribution in [3.63, 3.8) is 0 Å². The van der Waals surface area contributed by atoms with Crippen LogP contribution < -0.4 is 0 Å². The number of carbonyl (C=O) groups excluding carboxylic acids is 4.